The smallest absolute Gasteiger partial charge is 0.156 e. The highest BCUT2D eigenvalue weighted by Gasteiger charge is 2.20. The van der Waals surface area contributed by atoms with Gasteiger partial charge < -0.3 is 0 Å². The third-order valence-corrected chi connectivity index (χ3v) is 12.8. The third-order valence-electron chi connectivity index (χ3n) is 11.6. The van der Waals surface area contributed by atoms with Crippen LogP contribution in [0, 0.1) is 11.3 Å². The van der Waals surface area contributed by atoms with E-state index in [-0.39, 0.29) is 0 Å². The second-order valence-corrected chi connectivity index (χ2v) is 15.7. The molecular formula is C52H29N3S. The number of fused-ring (bicyclic) bond motifs is 13. The quantitative estimate of drug-likeness (QED) is 0.170. The zero-order valence-corrected chi connectivity index (χ0v) is 30.8. The summed E-state index contributed by atoms with van der Waals surface area (Å²) in [6.45, 7) is 0. The van der Waals surface area contributed by atoms with Gasteiger partial charge in [0, 0.05) is 20.9 Å². The summed E-state index contributed by atoms with van der Waals surface area (Å²) in [5.41, 5.74) is 10.7. The minimum atomic E-state index is 0.664. The van der Waals surface area contributed by atoms with Crippen molar-refractivity contribution in [1.29, 1.82) is 5.26 Å². The lowest BCUT2D eigenvalue weighted by atomic mass is 9.91. The Labute approximate surface area is 325 Å². The molecule has 4 heteroatoms. The Morgan fingerprint density at radius 3 is 1.77 bits per heavy atom. The minimum absolute atomic E-state index is 0.664. The summed E-state index contributed by atoms with van der Waals surface area (Å²) in [7, 11) is 0. The summed E-state index contributed by atoms with van der Waals surface area (Å²) in [6, 6.07) is 65.5. The van der Waals surface area contributed by atoms with Gasteiger partial charge in [0.05, 0.1) is 33.1 Å². The van der Waals surface area contributed by atoms with Crippen LogP contribution in [0.2, 0.25) is 0 Å². The van der Waals surface area contributed by atoms with Gasteiger partial charge in [0.25, 0.3) is 0 Å². The standard InChI is InChI=1S/C52H29N3S/c53-30-31-13-15-33(16-14-31)39-24-25-40(43-12-6-5-11-42(39)43)34-17-19-35(20-18-34)48-29-46-44-23-21-32-7-3-4-10-41(32)50(44)56-51(46)52-54-49-45-28-37-9-2-1-8-36(37)27-38(45)22-26-47(49)55(48)52/h1-29H. The Kier molecular flexibility index (Phi) is 6.57. The van der Waals surface area contributed by atoms with Crippen molar-refractivity contribution >= 4 is 91.3 Å². The average Bonchev–Trinajstić information content (AvgIpc) is 3.85. The van der Waals surface area contributed by atoms with E-state index in [0.717, 1.165) is 44.6 Å². The Bertz CT molecular complexity index is 3640. The molecule has 3 nitrogen and oxygen atoms in total. The monoisotopic (exact) mass is 727 g/mol. The Morgan fingerprint density at radius 2 is 1.05 bits per heavy atom. The van der Waals surface area contributed by atoms with Crippen molar-refractivity contribution in [3.05, 3.63) is 181 Å². The maximum atomic E-state index is 9.34. The zero-order chi connectivity index (χ0) is 36.9. The van der Waals surface area contributed by atoms with Crippen LogP contribution in [-0.4, -0.2) is 9.38 Å². The molecule has 0 aliphatic carbocycles. The molecule has 12 rings (SSSR count). The summed E-state index contributed by atoms with van der Waals surface area (Å²) in [5.74, 6) is 0. The number of thiophene rings is 1. The normalized spacial score (nSPS) is 11.9. The van der Waals surface area contributed by atoms with Gasteiger partial charge in [0.1, 0.15) is 0 Å². The van der Waals surface area contributed by atoms with Gasteiger partial charge in [-0.2, -0.15) is 5.26 Å². The molecule has 0 radical (unpaired) electrons. The predicted octanol–water partition coefficient (Wildman–Crippen LogP) is 14.3. The van der Waals surface area contributed by atoms with Gasteiger partial charge in [-0.15, -0.1) is 11.3 Å². The highest BCUT2D eigenvalue weighted by Crippen LogP contribution is 2.44. The van der Waals surface area contributed by atoms with Gasteiger partial charge in [-0.25, -0.2) is 4.98 Å². The fraction of sp³-hybridized carbons (Fsp3) is 0. The fourth-order valence-corrected chi connectivity index (χ4v) is 10.2. The first-order chi connectivity index (χ1) is 27.7. The molecule has 0 bridgehead atoms. The van der Waals surface area contributed by atoms with Crippen LogP contribution in [0.25, 0.3) is 113 Å². The molecule has 0 fully saturated rings. The van der Waals surface area contributed by atoms with Gasteiger partial charge >= 0.3 is 0 Å². The Balaban J connectivity index is 1.09. The number of hydrogen-bond acceptors (Lipinski definition) is 3. The molecule has 0 spiro atoms. The van der Waals surface area contributed by atoms with Crippen LogP contribution in [0.15, 0.2) is 176 Å². The first-order valence-corrected chi connectivity index (χ1v) is 19.7. The van der Waals surface area contributed by atoms with E-state index in [1.54, 1.807) is 0 Å². The first kappa shape index (κ1) is 31.1. The molecule has 0 saturated carbocycles. The SMILES string of the molecule is N#Cc1ccc(-c2ccc(-c3ccc(-c4cc5c6ccc7ccccc7c6sc5c5nc6c7cc8ccccc8cc7ccc6n45)cc3)c3ccccc23)cc1. The zero-order valence-electron chi connectivity index (χ0n) is 30.0. The van der Waals surface area contributed by atoms with E-state index >= 15 is 0 Å². The number of nitrogens with zero attached hydrogens (tertiary/aromatic N) is 3. The summed E-state index contributed by atoms with van der Waals surface area (Å²) in [5, 5.41) is 21.6. The van der Waals surface area contributed by atoms with Crippen molar-refractivity contribution < 1.29 is 0 Å². The van der Waals surface area contributed by atoms with E-state index in [1.807, 2.05) is 35.6 Å². The van der Waals surface area contributed by atoms with Crippen molar-refractivity contribution in [2.24, 2.45) is 0 Å². The van der Waals surface area contributed by atoms with Gasteiger partial charge in [-0.1, -0.05) is 140 Å². The van der Waals surface area contributed by atoms with E-state index in [0.29, 0.717) is 5.56 Å². The minimum Gasteiger partial charge on any atom is -0.291 e. The van der Waals surface area contributed by atoms with Crippen LogP contribution < -0.4 is 0 Å². The molecule has 0 atom stereocenters. The molecular weight excluding hydrogens is 699 g/mol. The molecule has 0 N–H and O–H groups in total. The van der Waals surface area contributed by atoms with E-state index < -0.39 is 0 Å². The van der Waals surface area contributed by atoms with E-state index in [9.17, 15) is 5.26 Å². The molecule has 0 aliphatic heterocycles. The Morgan fingerprint density at radius 1 is 0.446 bits per heavy atom. The number of rotatable bonds is 3. The van der Waals surface area contributed by atoms with Crippen LogP contribution in [-0.2, 0) is 0 Å². The molecule has 3 aromatic heterocycles. The first-order valence-electron chi connectivity index (χ1n) is 18.8. The van der Waals surface area contributed by atoms with Gasteiger partial charge in [0.2, 0.25) is 0 Å². The second-order valence-electron chi connectivity index (χ2n) is 14.6. The van der Waals surface area contributed by atoms with Gasteiger partial charge in [-0.3, -0.25) is 4.40 Å². The van der Waals surface area contributed by atoms with Gasteiger partial charge in [-0.05, 0) is 102 Å². The van der Waals surface area contributed by atoms with E-state index in [2.05, 4.69) is 162 Å². The molecule has 3 heterocycles. The van der Waals surface area contributed by atoms with Crippen LogP contribution in [0.5, 0.6) is 0 Å². The maximum absolute atomic E-state index is 9.34. The van der Waals surface area contributed by atoms with Crippen molar-refractivity contribution in [3.8, 4) is 39.6 Å². The van der Waals surface area contributed by atoms with Gasteiger partial charge in [0.15, 0.2) is 5.65 Å². The van der Waals surface area contributed by atoms with Crippen molar-refractivity contribution in [2.45, 2.75) is 0 Å². The Hall–Kier alpha value is -7.32. The predicted molar refractivity (Wildman–Crippen MR) is 237 cm³/mol. The molecule has 0 unspecified atom stereocenters. The molecule has 12 aromatic rings. The number of imidazole rings is 1. The molecule has 0 amide bonds. The summed E-state index contributed by atoms with van der Waals surface area (Å²) in [6.07, 6.45) is 0. The molecule has 56 heavy (non-hydrogen) atoms. The molecule has 9 aromatic carbocycles. The molecule has 0 aliphatic rings. The van der Waals surface area contributed by atoms with E-state index in [1.165, 1.54) is 68.8 Å². The summed E-state index contributed by atoms with van der Waals surface area (Å²) in [4.78, 5) is 5.54. The van der Waals surface area contributed by atoms with Crippen molar-refractivity contribution in [3.63, 3.8) is 0 Å². The maximum Gasteiger partial charge on any atom is 0.156 e. The lowest BCUT2D eigenvalue weighted by Gasteiger charge is -2.13. The van der Waals surface area contributed by atoms with Crippen LogP contribution >= 0.6 is 11.3 Å². The summed E-state index contributed by atoms with van der Waals surface area (Å²) >= 11 is 1.85. The number of pyridine rings is 1. The lowest BCUT2D eigenvalue weighted by molar-refractivity contribution is 1.25. The topological polar surface area (TPSA) is 41.1 Å². The number of aromatic nitrogens is 2. The third kappa shape index (κ3) is 4.53. The second kappa shape index (κ2) is 11.8. The fourth-order valence-electron chi connectivity index (χ4n) is 8.87. The molecule has 0 saturated heterocycles. The summed E-state index contributed by atoms with van der Waals surface area (Å²) < 4.78 is 4.89. The van der Waals surface area contributed by atoms with E-state index in [4.69, 9.17) is 4.98 Å². The van der Waals surface area contributed by atoms with Crippen LogP contribution in [0.4, 0.5) is 0 Å². The number of nitriles is 1. The van der Waals surface area contributed by atoms with Crippen molar-refractivity contribution in [1.82, 2.24) is 9.38 Å². The van der Waals surface area contributed by atoms with Crippen LogP contribution in [0.3, 0.4) is 0 Å². The molecule has 258 valence electrons. The largest absolute Gasteiger partial charge is 0.291 e. The highest BCUT2D eigenvalue weighted by molar-refractivity contribution is 7.27. The number of hydrogen-bond donors (Lipinski definition) is 0. The van der Waals surface area contributed by atoms with Crippen molar-refractivity contribution in [2.75, 3.05) is 0 Å². The lowest BCUT2D eigenvalue weighted by Crippen LogP contribution is -1.93. The highest BCUT2D eigenvalue weighted by atomic mass is 32.1. The van der Waals surface area contributed by atoms with Crippen LogP contribution in [0.1, 0.15) is 5.56 Å². The number of benzene rings is 9. The average molecular weight is 728 g/mol.